The van der Waals surface area contributed by atoms with E-state index in [0.717, 1.165) is 11.1 Å². The molecule has 5 nitrogen and oxygen atoms in total. The van der Waals surface area contributed by atoms with Crippen LogP contribution in [0.1, 0.15) is 34.0 Å². The second-order valence-corrected chi connectivity index (χ2v) is 5.48. The molecule has 1 atom stereocenters. The van der Waals surface area contributed by atoms with Gasteiger partial charge in [0, 0.05) is 5.69 Å². The number of anilines is 1. The van der Waals surface area contributed by atoms with Gasteiger partial charge >= 0.3 is 5.97 Å². The summed E-state index contributed by atoms with van der Waals surface area (Å²) in [5.74, 6) is -0.992. The van der Waals surface area contributed by atoms with Gasteiger partial charge in [-0.15, -0.1) is 0 Å². The molecule has 0 aliphatic rings. The fourth-order valence-corrected chi connectivity index (χ4v) is 2.16. The van der Waals surface area contributed by atoms with E-state index in [2.05, 4.69) is 5.32 Å². The Morgan fingerprint density at radius 3 is 2.58 bits per heavy atom. The predicted octanol–water partition coefficient (Wildman–Crippen LogP) is 3.36. The summed E-state index contributed by atoms with van der Waals surface area (Å²) in [6, 6.07) is 13.9. The number of aryl methyl sites for hydroxylation is 1. The lowest BCUT2D eigenvalue weighted by atomic mass is 10.0. The van der Waals surface area contributed by atoms with Gasteiger partial charge in [0.15, 0.2) is 6.10 Å². The molecule has 0 fully saturated rings. The van der Waals surface area contributed by atoms with Crippen LogP contribution in [0.5, 0.6) is 0 Å². The van der Waals surface area contributed by atoms with Crippen LogP contribution in [0.25, 0.3) is 0 Å². The number of nitrogens with one attached hydrogen (secondary N) is 1. The molecule has 0 heterocycles. The normalized spacial score (nSPS) is 11.2. The van der Waals surface area contributed by atoms with Crippen LogP contribution in [-0.4, -0.2) is 18.0 Å². The molecule has 0 spiro atoms. The van der Waals surface area contributed by atoms with Crippen molar-refractivity contribution in [1.82, 2.24) is 0 Å². The molecule has 122 valence electrons. The van der Waals surface area contributed by atoms with Crippen molar-refractivity contribution < 1.29 is 14.3 Å². The highest BCUT2D eigenvalue weighted by molar-refractivity contribution is 5.98. The van der Waals surface area contributed by atoms with E-state index in [4.69, 9.17) is 10.00 Å². The highest BCUT2D eigenvalue weighted by atomic mass is 16.5. The number of carbonyl (C=O) groups excluding carboxylic acids is 2. The Morgan fingerprint density at radius 1 is 1.17 bits per heavy atom. The SMILES string of the molecule is Cc1cccc(C(=O)O[C@@H](C)C(=O)Nc2cccc(C#N)c2)c1C. The molecule has 0 aliphatic heterocycles. The van der Waals surface area contributed by atoms with Gasteiger partial charge in [-0.3, -0.25) is 4.79 Å². The summed E-state index contributed by atoms with van der Waals surface area (Å²) in [6.07, 6.45) is -0.955. The second-order valence-electron chi connectivity index (χ2n) is 5.48. The third-order valence-electron chi connectivity index (χ3n) is 3.74. The Labute approximate surface area is 140 Å². The maximum absolute atomic E-state index is 12.2. The Bertz CT molecular complexity index is 822. The zero-order valence-corrected chi connectivity index (χ0v) is 13.8. The van der Waals surface area contributed by atoms with Crippen LogP contribution in [0, 0.1) is 25.2 Å². The standard InChI is InChI=1S/C19H18N2O3/c1-12-6-4-9-17(13(12)2)19(23)24-14(3)18(22)21-16-8-5-7-15(10-16)11-20/h4-10,14H,1-3H3,(H,21,22)/t14-/m0/s1. The molecular formula is C19H18N2O3. The third-order valence-corrected chi connectivity index (χ3v) is 3.74. The van der Waals surface area contributed by atoms with Gasteiger partial charge in [-0.2, -0.15) is 5.26 Å². The third kappa shape index (κ3) is 3.99. The molecule has 1 amide bonds. The van der Waals surface area contributed by atoms with Crippen LogP contribution in [0.2, 0.25) is 0 Å². The first kappa shape index (κ1) is 17.2. The van der Waals surface area contributed by atoms with Gasteiger partial charge in [-0.25, -0.2) is 4.79 Å². The van der Waals surface area contributed by atoms with Crippen molar-refractivity contribution >= 4 is 17.6 Å². The molecule has 0 radical (unpaired) electrons. The van der Waals surface area contributed by atoms with E-state index in [-0.39, 0.29) is 0 Å². The molecule has 0 saturated heterocycles. The molecule has 1 N–H and O–H groups in total. The minimum atomic E-state index is -0.955. The number of benzene rings is 2. The lowest BCUT2D eigenvalue weighted by molar-refractivity contribution is -0.123. The lowest BCUT2D eigenvalue weighted by Gasteiger charge is -2.15. The van der Waals surface area contributed by atoms with Gasteiger partial charge in [-0.05, 0) is 56.2 Å². The van der Waals surface area contributed by atoms with Crippen molar-refractivity contribution in [3.8, 4) is 6.07 Å². The average Bonchev–Trinajstić information content (AvgIpc) is 2.57. The lowest BCUT2D eigenvalue weighted by Crippen LogP contribution is -2.30. The van der Waals surface area contributed by atoms with Crippen molar-refractivity contribution in [3.05, 3.63) is 64.7 Å². The number of nitrogens with zero attached hydrogens (tertiary/aromatic N) is 1. The summed E-state index contributed by atoms with van der Waals surface area (Å²) in [5.41, 5.74) is 3.18. The van der Waals surface area contributed by atoms with Crippen molar-refractivity contribution in [1.29, 1.82) is 5.26 Å². The summed E-state index contributed by atoms with van der Waals surface area (Å²) in [4.78, 5) is 24.4. The van der Waals surface area contributed by atoms with Gasteiger partial charge < -0.3 is 10.1 Å². The Hall–Kier alpha value is -3.13. The van der Waals surface area contributed by atoms with Crippen LogP contribution in [0.15, 0.2) is 42.5 Å². The Balaban J connectivity index is 2.04. The molecule has 0 unspecified atom stereocenters. The molecule has 0 saturated carbocycles. The maximum atomic E-state index is 12.2. The summed E-state index contributed by atoms with van der Waals surface area (Å²) >= 11 is 0. The van der Waals surface area contributed by atoms with E-state index >= 15 is 0 Å². The number of rotatable bonds is 4. The molecular weight excluding hydrogens is 304 g/mol. The van der Waals surface area contributed by atoms with Gasteiger partial charge in [-0.1, -0.05) is 18.2 Å². The largest absolute Gasteiger partial charge is 0.449 e. The molecule has 2 aromatic rings. The molecule has 5 heteroatoms. The Morgan fingerprint density at radius 2 is 1.88 bits per heavy atom. The summed E-state index contributed by atoms with van der Waals surface area (Å²) in [5, 5.41) is 11.5. The minimum absolute atomic E-state index is 0.438. The van der Waals surface area contributed by atoms with E-state index in [1.165, 1.54) is 6.92 Å². The van der Waals surface area contributed by atoms with Gasteiger partial charge in [0.1, 0.15) is 0 Å². The minimum Gasteiger partial charge on any atom is -0.449 e. The van der Waals surface area contributed by atoms with Crippen LogP contribution in [0.4, 0.5) is 5.69 Å². The highest BCUT2D eigenvalue weighted by Gasteiger charge is 2.20. The van der Waals surface area contributed by atoms with Gasteiger partial charge in [0.05, 0.1) is 17.2 Å². The topological polar surface area (TPSA) is 79.2 Å². The summed E-state index contributed by atoms with van der Waals surface area (Å²) < 4.78 is 5.25. The van der Waals surface area contributed by atoms with Crippen molar-refractivity contribution in [2.75, 3.05) is 5.32 Å². The van der Waals surface area contributed by atoms with E-state index in [1.54, 1.807) is 36.4 Å². The quantitative estimate of drug-likeness (QED) is 0.875. The number of esters is 1. The molecule has 0 aromatic heterocycles. The molecule has 2 aromatic carbocycles. The first-order valence-electron chi connectivity index (χ1n) is 7.50. The van der Waals surface area contributed by atoms with Crippen LogP contribution < -0.4 is 5.32 Å². The first-order valence-corrected chi connectivity index (χ1v) is 7.50. The summed E-state index contributed by atoms with van der Waals surface area (Å²) in [6.45, 7) is 5.25. The number of ether oxygens (including phenoxy) is 1. The number of hydrogen-bond donors (Lipinski definition) is 1. The second kappa shape index (κ2) is 7.42. The number of amides is 1. The zero-order valence-electron chi connectivity index (χ0n) is 13.8. The maximum Gasteiger partial charge on any atom is 0.339 e. The van der Waals surface area contributed by atoms with E-state index in [9.17, 15) is 9.59 Å². The van der Waals surface area contributed by atoms with E-state index < -0.39 is 18.0 Å². The Kier molecular flexibility index (Phi) is 5.33. The van der Waals surface area contributed by atoms with E-state index in [0.29, 0.717) is 16.8 Å². The first-order chi connectivity index (χ1) is 11.4. The van der Waals surface area contributed by atoms with Crippen LogP contribution in [-0.2, 0) is 9.53 Å². The molecule has 0 aliphatic carbocycles. The van der Waals surface area contributed by atoms with Gasteiger partial charge in [0.2, 0.25) is 0 Å². The fraction of sp³-hybridized carbons (Fsp3) is 0.211. The zero-order chi connectivity index (χ0) is 17.7. The molecule has 24 heavy (non-hydrogen) atoms. The number of nitriles is 1. The monoisotopic (exact) mass is 322 g/mol. The number of hydrogen-bond acceptors (Lipinski definition) is 4. The fourth-order valence-electron chi connectivity index (χ4n) is 2.16. The smallest absolute Gasteiger partial charge is 0.339 e. The van der Waals surface area contributed by atoms with Crippen LogP contribution >= 0.6 is 0 Å². The van der Waals surface area contributed by atoms with E-state index in [1.807, 2.05) is 26.0 Å². The van der Waals surface area contributed by atoms with Crippen molar-refractivity contribution in [2.24, 2.45) is 0 Å². The van der Waals surface area contributed by atoms with Crippen molar-refractivity contribution in [3.63, 3.8) is 0 Å². The highest BCUT2D eigenvalue weighted by Crippen LogP contribution is 2.15. The predicted molar refractivity (Wildman–Crippen MR) is 90.6 cm³/mol. The summed E-state index contributed by atoms with van der Waals surface area (Å²) in [7, 11) is 0. The molecule has 2 rings (SSSR count). The van der Waals surface area contributed by atoms with Crippen molar-refractivity contribution in [2.45, 2.75) is 26.9 Å². The van der Waals surface area contributed by atoms with Gasteiger partial charge in [0.25, 0.3) is 5.91 Å². The molecule has 0 bridgehead atoms. The van der Waals surface area contributed by atoms with Crippen LogP contribution in [0.3, 0.4) is 0 Å². The number of carbonyl (C=O) groups is 2. The average molecular weight is 322 g/mol.